The van der Waals surface area contributed by atoms with Crippen LogP contribution < -0.4 is 10.1 Å². The molecule has 42 heavy (non-hydrogen) atoms. The number of carbonyl (C=O) groups excluding carboxylic acids is 1. The number of benzene rings is 2. The van der Waals surface area contributed by atoms with Gasteiger partial charge in [0.15, 0.2) is 5.82 Å². The van der Waals surface area contributed by atoms with Gasteiger partial charge >= 0.3 is 0 Å². The highest BCUT2D eigenvalue weighted by atomic mass is 19.1. The van der Waals surface area contributed by atoms with Gasteiger partial charge in [0.05, 0.1) is 48.9 Å². The Morgan fingerprint density at radius 1 is 1.17 bits per heavy atom. The van der Waals surface area contributed by atoms with Crippen molar-refractivity contribution in [3.05, 3.63) is 72.4 Å². The zero-order chi connectivity index (χ0) is 29.3. The topological polar surface area (TPSA) is 135 Å². The van der Waals surface area contributed by atoms with Crippen molar-refractivity contribution < 1.29 is 28.5 Å². The van der Waals surface area contributed by atoms with Gasteiger partial charge in [0, 0.05) is 36.6 Å². The van der Waals surface area contributed by atoms with Crippen molar-refractivity contribution in [2.75, 3.05) is 38.7 Å². The van der Waals surface area contributed by atoms with Crippen LogP contribution in [0, 0.1) is 11.2 Å². The molecule has 2 aliphatic heterocycles. The number of aliphatic hydroxyl groups excluding tert-OH is 1. The van der Waals surface area contributed by atoms with Crippen LogP contribution in [0.1, 0.15) is 25.5 Å². The van der Waals surface area contributed by atoms with Gasteiger partial charge < -0.3 is 34.5 Å². The van der Waals surface area contributed by atoms with Crippen LogP contribution in [0.3, 0.4) is 0 Å². The van der Waals surface area contributed by atoms with E-state index >= 15 is 0 Å². The largest absolute Gasteiger partial charge is 0.497 e. The smallest absolute Gasteiger partial charge is 0.233 e. The predicted molar refractivity (Wildman–Crippen MR) is 151 cm³/mol. The number of hydrogen-bond acceptors (Lipinski definition) is 9. The third kappa shape index (κ3) is 5.69. The summed E-state index contributed by atoms with van der Waals surface area (Å²) in [4.78, 5) is 31.9. The molecular weight excluding hydrogens is 543 g/mol. The Kier molecular flexibility index (Phi) is 7.58. The summed E-state index contributed by atoms with van der Waals surface area (Å²) in [6.45, 7) is 2.86. The van der Waals surface area contributed by atoms with Crippen LogP contribution in [0.2, 0.25) is 0 Å². The first kappa shape index (κ1) is 27.8. The second-order valence-electron chi connectivity index (χ2n) is 10.7. The third-order valence-corrected chi connectivity index (χ3v) is 7.37. The molecule has 2 aromatic heterocycles. The fourth-order valence-corrected chi connectivity index (χ4v) is 5.09. The molecule has 0 bridgehead atoms. The van der Waals surface area contributed by atoms with Crippen LogP contribution >= 0.6 is 0 Å². The standard InChI is InChI=1S/C30H31FN6O5/c1-30(28(39)37-13-11-21(38)15-37)16-41-27(42-17-30)26-35-24(18-6-8-19(31)9-7-18)25(36-26)23-10-12-32-29(34-23)33-20-4-3-5-22(14-20)40-2/h3-10,12,14,21,27,38H,11,13,15-17H2,1-2H3,(H,35,36)(H,32,33,34). The van der Waals surface area contributed by atoms with Crippen LogP contribution in [-0.4, -0.2) is 75.4 Å². The summed E-state index contributed by atoms with van der Waals surface area (Å²) in [5.41, 5.74) is 2.16. The molecule has 0 radical (unpaired) electrons. The highest BCUT2D eigenvalue weighted by Crippen LogP contribution is 2.37. The Bertz CT molecular complexity index is 1570. The molecule has 218 valence electrons. The molecule has 2 fully saturated rings. The molecular formula is C30H31FN6O5. The number of methoxy groups -OCH3 is 1. The summed E-state index contributed by atoms with van der Waals surface area (Å²) in [6, 6.07) is 15.1. The quantitative estimate of drug-likeness (QED) is 0.299. The van der Waals surface area contributed by atoms with E-state index in [1.807, 2.05) is 24.3 Å². The van der Waals surface area contributed by atoms with E-state index in [-0.39, 0.29) is 24.9 Å². The number of β-amino-alcohol motifs (C(OH)–C–C–N with tert-alkyl or cyclic N) is 1. The Morgan fingerprint density at radius 2 is 1.95 bits per heavy atom. The van der Waals surface area contributed by atoms with Gasteiger partial charge in [-0.3, -0.25) is 4.79 Å². The van der Waals surface area contributed by atoms with Gasteiger partial charge in [-0.2, -0.15) is 0 Å². The second kappa shape index (κ2) is 11.5. The number of likely N-dealkylation sites (tertiary alicyclic amines) is 1. The number of aromatic nitrogens is 4. The lowest BCUT2D eigenvalue weighted by molar-refractivity contribution is -0.234. The highest BCUT2D eigenvalue weighted by Gasteiger charge is 2.44. The van der Waals surface area contributed by atoms with Crippen molar-refractivity contribution in [3.8, 4) is 28.4 Å². The first-order chi connectivity index (χ1) is 20.3. The van der Waals surface area contributed by atoms with Crippen LogP contribution in [0.25, 0.3) is 22.6 Å². The minimum absolute atomic E-state index is 0.110. The maximum absolute atomic E-state index is 13.8. The van der Waals surface area contributed by atoms with E-state index in [0.29, 0.717) is 59.7 Å². The number of hydrogen-bond donors (Lipinski definition) is 3. The van der Waals surface area contributed by atoms with E-state index < -0.39 is 17.8 Å². The number of anilines is 2. The summed E-state index contributed by atoms with van der Waals surface area (Å²) in [6.07, 6.45) is 0.821. The van der Waals surface area contributed by atoms with Crippen molar-refractivity contribution in [1.82, 2.24) is 24.8 Å². The summed E-state index contributed by atoms with van der Waals surface area (Å²) < 4.78 is 31.1. The number of aromatic amines is 1. The molecule has 0 spiro atoms. The number of carbonyl (C=O) groups is 1. The number of H-pyrrole nitrogens is 1. The maximum atomic E-state index is 13.8. The molecule has 3 N–H and O–H groups in total. The van der Waals surface area contributed by atoms with Crippen molar-refractivity contribution in [1.29, 1.82) is 0 Å². The number of halogens is 1. The summed E-state index contributed by atoms with van der Waals surface area (Å²) >= 11 is 0. The average Bonchev–Trinajstić information content (AvgIpc) is 3.65. The summed E-state index contributed by atoms with van der Waals surface area (Å²) in [7, 11) is 1.60. The molecule has 1 atom stereocenters. The monoisotopic (exact) mass is 574 g/mol. The molecule has 4 heterocycles. The molecule has 4 aromatic rings. The van der Waals surface area contributed by atoms with E-state index in [2.05, 4.69) is 15.3 Å². The number of amides is 1. The van der Waals surface area contributed by atoms with Crippen molar-refractivity contribution >= 4 is 17.5 Å². The minimum Gasteiger partial charge on any atom is -0.497 e. The number of ether oxygens (including phenoxy) is 3. The predicted octanol–water partition coefficient (Wildman–Crippen LogP) is 4.07. The molecule has 2 saturated heterocycles. The van der Waals surface area contributed by atoms with Crippen LogP contribution in [0.15, 0.2) is 60.8 Å². The zero-order valence-corrected chi connectivity index (χ0v) is 23.2. The molecule has 2 aromatic carbocycles. The number of aliphatic hydroxyl groups is 1. The second-order valence-corrected chi connectivity index (χ2v) is 10.7. The average molecular weight is 575 g/mol. The molecule has 11 nitrogen and oxygen atoms in total. The van der Waals surface area contributed by atoms with Gasteiger partial charge in [0.2, 0.25) is 18.1 Å². The third-order valence-electron chi connectivity index (χ3n) is 7.37. The first-order valence-electron chi connectivity index (χ1n) is 13.6. The number of nitrogens with zero attached hydrogens (tertiary/aromatic N) is 4. The van der Waals surface area contributed by atoms with Crippen molar-refractivity contribution in [2.45, 2.75) is 25.7 Å². The van der Waals surface area contributed by atoms with Gasteiger partial charge in [-0.05, 0) is 55.8 Å². The van der Waals surface area contributed by atoms with Crippen LogP contribution in [0.4, 0.5) is 16.0 Å². The van der Waals surface area contributed by atoms with E-state index in [1.165, 1.54) is 12.1 Å². The first-order valence-corrected chi connectivity index (χ1v) is 13.6. The molecule has 1 unspecified atom stereocenters. The van der Waals surface area contributed by atoms with Gasteiger partial charge in [-0.15, -0.1) is 0 Å². The minimum atomic E-state index is -0.886. The molecule has 2 aliphatic rings. The molecule has 1 amide bonds. The molecule has 6 rings (SSSR count). The van der Waals surface area contributed by atoms with E-state index in [0.717, 1.165) is 5.69 Å². The Hall–Kier alpha value is -4.39. The van der Waals surface area contributed by atoms with E-state index in [9.17, 15) is 14.3 Å². The van der Waals surface area contributed by atoms with Crippen LogP contribution in [-0.2, 0) is 14.3 Å². The van der Waals surface area contributed by atoms with Crippen molar-refractivity contribution in [2.24, 2.45) is 5.41 Å². The van der Waals surface area contributed by atoms with Gasteiger partial charge in [0.1, 0.15) is 11.6 Å². The van der Waals surface area contributed by atoms with Gasteiger partial charge in [-0.1, -0.05) is 6.07 Å². The van der Waals surface area contributed by atoms with Crippen LogP contribution in [0.5, 0.6) is 5.75 Å². The molecule has 0 saturated carbocycles. The van der Waals surface area contributed by atoms with E-state index in [4.69, 9.17) is 24.2 Å². The number of imidazole rings is 1. The zero-order valence-electron chi connectivity index (χ0n) is 23.2. The van der Waals surface area contributed by atoms with Crippen molar-refractivity contribution in [3.63, 3.8) is 0 Å². The Labute approximate surface area is 241 Å². The number of nitrogens with one attached hydrogen (secondary N) is 2. The fraction of sp³-hybridized carbons (Fsp3) is 0.333. The lowest BCUT2D eigenvalue weighted by Crippen LogP contribution is -2.49. The molecule has 0 aliphatic carbocycles. The fourth-order valence-electron chi connectivity index (χ4n) is 5.09. The highest BCUT2D eigenvalue weighted by molar-refractivity contribution is 5.83. The lowest BCUT2D eigenvalue weighted by atomic mass is 9.90. The van der Waals surface area contributed by atoms with Gasteiger partial charge in [-0.25, -0.2) is 19.3 Å². The Morgan fingerprint density at radius 3 is 2.67 bits per heavy atom. The van der Waals surface area contributed by atoms with Gasteiger partial charge in [0.25, 0.3) is 0 Å². The van der Waals surface area contributed by atoms with E-state index in [1.54, 1.807) is 43.3 Å². The Balaban J connectivity index is 1.27. The normalized spacial score (nSPS) is 22.2. The maximum Gasteiger partial charge on any atom is 0.233 e. The molecule has 12 heteroatoms. The summed E-state index contributed by atoms with van der Waals surface area (Å²) in [5, 5.41) is 13.0. The number of rotatable bonds is 7. The SMILES string of the molecule is COc1cccc(Nc2nccc(-c3[nH]c(C4OCC(C)(C(=O)N5CCC(O)C5)CO4)nc3-c3ccc(F)cc3)n2)c1. The lowest BCUT2D eigenvalue weighted by Gasteiger charge is -2.37. The summed E-state index contributed by atoms with van der Waals surface area (Å²) in [5.74, 6) is 0.957.